The third-order valence-corrected chi connectivity index (χ3v) is 3.50. The molecular weight excluding hydrogens is 260 g/mol. The Labute approximate surface area is 123 Å². The Kier molecular flexibility index (Phi) is 3.40. The van der Waals surface area contributed by atoms with Crippen LogP contribution in [-0.2, 0) is 4.79 Å². The first-order valence-corrected chi connectivity index (χ1v) is 6.87. The monoisotopic (exact) mass is 276 g/mol. The maximum Gasteiger partial charge on any atom is 0.221 e. The predicted molar refractivity (Wildman–Crippen MR) is 86.2 cm³/mol. The molecule has 1 amide bonds. The van der Waals surface area contributed by atoms with Crippen LogP contribution in [0.2, 0.25) is 0 Å². The summed E-state index contributed by atoms with van der Waals surface area (Å²) in [6.07, 6.45) is 1.81. The van der Waals surface area contributed by atoms with Gasteiger partial charge in [-0.1, -0.05) is 30.3 Å². The van der Waals surface area contributed by atoms with Crippen LogP contribution in [0.15, 0.2) is 54.7 Å². The predicted octanol–water partition coefficient (Wildman–Crippen LogP) is 4.17. The van der Waals surface area contributed by atoms with Crippen molar-refractivity contribution < 1.29 is 4.79 Å². The van der Waals surface area contributed by atoms with Crippen molar-refractivity contribution in [3.63, 3.8) is 0 Å². The molecule has 0 fully saturated rings. The van der Waals surface area contributed by atoms with E-state index in [0.717, 1.165) is 22.2 Å². The van der Waals surface area contributed by atoms with E-state index in [2.05, 4.69) is 29.4 Å². The summed E-state index contributed by atoms with van der Waals surface area (Å²) in [6.45, 7) is 3.61. The zero-order valence-corrected chi connectivity index (χ0v) is 12.1. The molecule has 0 radical (unpaired) electrons. The third kappa shape index (κ3) is 2.63. The molecule has 0 unspecified atom stereocenters. The first kappa shape index (κ1) is 13.3. The highest BCUT2D eigenvalue weighted by atomic mass is 16.1. The van der Waals surface area contributed by atoms with E-state index in [9.17, 15) is 4.79 Å². The zero-order chi connectivity index (χ0) is 14.8. The lowest BCUT2D eigenvalue weighted by Crippen LogP contribution is -2.05. The molecule has 3 rings (SSSR count). The van der Waals surface area contributed by atoms with Gasteiger partial charge in [-0.2, -0.15) is 0 Å². The van der Waals surface area contributed by atoms with Gasteiger partial charge in [0.1, 0.15) is 0 Å². The Morgan fingerprint density at radius 3 is 2.62 bits per heavy atom. The summed E-state index contributed by atoms with van der Waals surface area (Å²) in [5.74, 6) is -0.0793. The van der Waals surface area contributed by atoms with Gasteiger partial charge in [0.2, 0.25) is 5.91 Å². The van der Waals surface area contributed by atoms with E-state index in [0.29, 0.717) is 0 Å². The summed E-state index contributed by atoms with van der Waals surface area (Å²) < 4.78 is 0. The van der Waals surface area contributed by atoms with E-state index in [1.807, 2.05) is 42.6 Å². The summed E-state index contributed by atoms with van der Waals surface area (Å²) >= 11 is 0. The van der Waals surface area contributed by atoms with Gasteiger partial charge in [-0.05, 0) is 41.8 Å². The number of anilines is 1. The van der Waals surface area contributed by atoms with Crippen LogP contribution in [0.4, 0.5) is 5.69 Å². The van der Waals surface area contributed by atoms with Gasteiger partial charge in [0, 0.05) is 24.2 Å². The molecule has 1 N–H and O–H groups in total. The summed E-state index contributed by atoms with van der Waals surface area (Å²) in [5.41, 5.74) is 5.24. The molecule has 3 nitrogen and oxygen atoms in total. The Morgan fingerprint density at radius 2 is 1.86 bits per heavy atom. The van der Waals surface area contributed by atoms with Gasteiger partial charge in [-0.3, -0.25) is 9.78 Å². The van der Waals surface area contributed by atoms with Gasteiger partial charge in [-0.25, -0.2) is 0 Å². The number of amides is 1. The lowest BCUT2D eigenvalue weighted by molar-refractivity contribution is -0.114. The van der Waals surface area contributed by atoms with Gasteiger partial charge < -0.3 is 5.32 Å². The van der Waals surface area contributed by atoms with Crippen LogP contribution in [0.3, 0.4) is 0 Å². The highest BCUT2D eigenvalue weighted by Gasteiger charge is 2.07. The number of nitrogens with zero attached hydrogens (tertiary/aromatic N) is 1. The van der Waals surface area contributed by atoms with Crippen molar-refractivity contribution in [3.8, 4) is 11.1 Å². The minimum absolute atomic E-state index is 0.0793. The largest absolute Gasteiger partial charge is 0.326 e. The van der Waals surface area contributed by atoms with Crippen molar-refractivity contribution >= 4 is 22.5 Å². The highest BCUT2D eigenvalue weighted by Crippen LogP contribution is 2.30. The molecule has 3 heteroatoms. The molecule has 104 valence electrons. The van der Waals surface area contributed by atoms with Crippen molar-refractivity contribution in [2.24, 2.45) is 0 Å². The Bertz CT molecular complexity index is 824. The van der Waals surface area contributed by atoms with Gasteiger partial charge >= 0.3 is 0 Å². The number of aromatic nitrogens is 1. The molecule has 0 spiro atoms. The molecule has 21 heavy (non-hydrogen) atoms. The Hall–Kier alpha value is -2.68. The molecule has 0 aliphatic heterocycles. The maximum atomic E-state index is 11.2. The van der Waals surface area contributed by atoms with Crippen LogP contribution >= 0.6 is 0 Å². The molecule has 1 heterocycles. The molecule has 1 aromatic heterocycles. The van der Waals surface area contributed by atoms with Gasteiger partial charge in [-0.15, -0.1) is 0 Å². The summed E-state index contributed by atoms with van der Waals surface area (Å²) in [7, 11) is 0. The average Bonchev–Trinajstić information content (AvgIpc) is 2.46. The number of fused-ring (bicyclic) bond motifs is 1. The van der Waals surface area contributed by atoms with Gasteiger partial charge in [0.05, 0.1) is 5.52 Å². The molecule has 0 saturated carbocycles. The fourth-order valence-corrected chi connectivity index (χ4v) is 2.54. The van der Waals surface area contributed by atoms with Gasteiger partial charge in [0.15, 0.2) is 0 Å². The van der Waals surface area contributed by atoms with Crippen molar-refractivity contribution in [1.82, 2.24) is 4.98 Å². The number of hydrogen-bond donors (Lipinski definition) is 1. The van der Waals surface area contributed by atoms with E-state index in [4.69, 9.17) is 0 Å². The normalized spacial score (nSPS) is 10.6. The van der Waals surface area contributed by atoms with Gasteiger partial charge in [0.25, 0.3) is 0 Å². The Morgan fingerprint density at radius 1 is 1.05 bits per heavy atom. The zero-order valence-electron chi connectivity index (χ0n) is 12.1. The fraction of sp³-hybridized carbons (Fsp3) is 0.111. The fourth-order valence-electron chi connectivity index (χ4n) is 2.54. The summed E-state index contributed by atoms with van der Waals surface area (Å²) in [6, 6.07) is 16.2. The number of nitrogens with one attached hydrogen (secondary N) is 1. The maximum absolute atomic E-state index is 11.2. The van der Waals surface area contributed by atoms with Crippen LogP contribution in [0.1, 0.15) is 12.5 Å². The number of rotatable bonds is 2. The van der Waals surface area contributed by atoms with E-state index < -0.39 is 0 Å². The number of hydrogen-bond acceptors (Lipinski definition) is 2. The number of benzene rings is 2. The van der Waals surface area contributed by atoms with Crippen molar-refractivity contribution in [2.75, 3.05) is 5.32 Å². The van der Waals surface area contributed by atoms with Crippen molar-refractivity contribution in [3.05, 3.63) is 60.3 Å². The first-order chi connectivity index (χ1) is 10.1. The number of carbonyl (C=O) groups excluding carboxylic acids is 1. The van der Waals surface area contributed by atoms with Crippen LogP contribution in [0, 0.1) is 6.92 Å². The second-order valence-corrected chi connectivity index (χ2v) is 5.09. The Balaban J connectivity index is 2.17. The quantitative estimate of drug-likeness (QED) is 0.763. The standard InChI is InChI=1S/C18H16N2O/c1-12-5-3-4-6-15(12)16-9-10-19-18-11-14(20-13(2)21)7-8-17(16)18/h3-11H,1-2H3,(H,20,21). The lowest BCUT2D eigenvalue weighted by Gasteiger charge is -2.10. The van der Waals surface area contributed by atoms with Crippen LogP contribution in [0.5, 0.6) is 0 Å². The van der Waals surface area contributed by atoms with Crippen molar-refractivity contribution in [1.29, 1.82) is 0 Å². The average molecular weight is 276 g/mol. The van der Waals surface area contributed by atoms with E-state index in [1.54, 1.807) is 0 Å². The number of carbonyl (C=O) groups is 1. The molecule has 3 aromatic rings. The number of aryl methyl sites for hydroxylation is 1. The minimum atomic E-state index is -0.0793. The molecule has 0 bridgehead atoms. The molecule has 2 aromatic carbocycles. The highest BCUT2D eigenvalue weighted by molar-refractivity contribution is 5.98. The number of pyridine rings is 1. The molecule has 0 aliphatic rings. The second-order valence-electron chi connectivity index (χ2n) is 5.09. The smallest absolute Gasteiger partial charge is 0.221 e. The van der Waals surface area contributed by atoms with E-state index in [-0.39, 0.29) is 5.91 Å². The van der Waals surface area contributed by atoms with Crippen LogP contribution < -0.4 is 5.32 Å². The summed E-state index contributed by atoms with van der Waals surface area (Å²) in [4.78, 5) is 15.6. The molecular formula is C18H16N2O. The lowest BCUT2D eigenvalue weighted by atomic mass is 9.97. The van der Waals surface area contributed by atoms with Crippen LogP contribution in [-0.4, -0.2) is 10.9 Å². The van der Waals surface area contributed by atoms with E-state index >= 15 is 0 Å². The SMILES string of the molecule is CC(=O)Nc1ccc2c(-c3ccccc3C)ccnc2c1. The topological polar surface area (TPSA) is 42.0 Å². The van der Waals surface area contributed by atoms with E-state index in [1.165, 1.54) is 18.1 Å². The summed E-state index contributed by atoms with van der Waals surface area (Å²) in [5, 5.41) is 3.87. The van der Waals surface area contributed by atoms with Crippen LogP contribution in [0.25, 0.3) is 22.0 Å². The second kappa shape index (κ2) is 5.37. The third-order valence-electron chi connectivity index (χ3n) is 3.50. The molecule has 0 saturated heterocycles. The first-order valence-electron chi connectivity index (χ1n) is 6.87. The molecule has 0 atom stereocenters. The minimum Gasteiger partial charge on any atom is -0.326 e. The molecule has 0 aliphatic carbocycles. The van der Waals surface area contributed by atoms with Crippen molar-refractivity contribution in [2.45, 2.75) is 13.8 Å².